The molecule has 0 spiro atoms. The lowest BCUT2D eigenvalue weighted by Gasteiger charge is -2.11. The number of fused-ring (bicyclic) bond motifs is 1. The number of rotatable bonds is 0. The summed E-state index contributed by atoms with van der Waals surface area (Å²) in [6, 6.07) is 5.37. The zero-order valence-corrected chi connectivity index (χ0v) is 8.90. The molecule has 0 unspecified atom stereocenters. The van der Waals surface area contributed by atoms with Crippen LogP contribution in [-0.2, 0) is 9.59 Å². The van der Waals surface area contributed by atoms with Gasteiger partial charge in [-0.1, -0.05) is 0 Å². The third-order valence-electron chi connectivity index (χ3n) is 2.45. The van der Waals surface area contributed by atoms with E-state index in [4.69, 9.17) is 5.26 Å². The number of carbonyl (C=O) groups is 2. The van der Waals surface area contributed by atoms with Gasteiger partial charge in [-0.05, 0) is 18.2 Å². The predicted octanol–water partition coefficient (Wildman–Crippen LogP) is 1.63. The molecule has 1 aromatic carbocycles. The van der Waals surface area contributed by atoms with Gasteiger partial charge < -0.3 is 0 Å². The molecule has 0 saturated carbocycles. The summed E-state index contributed by atoms with van der Waals surface area (Å²) in [6.07, 6.45) is 1.02. The van der Waals surface area contributed by atoms with Gasteiger partial charge in [0.05, 0.1) is 17.3 Å². The smallest absolute Gasteiger partial charge is 0.266 e. The molecule has 4 nitrogen and oxygen atoms in total. The normalized spacial score (nSPS) is 15.9. The number of halogens is 1. The van der Waals surface area contributed by atoms with Crippen LogP contribution >= 0.6 is 0 Å². The highest BCUT2D eigenvalue weighted by molar-refractivity contribution is 6.39. The molecular weight excluding hydrogens is 223 g/mol. The highest BCUT2D eigenvalue weighted by Gasteiger charge is 2.35. The molecule has 0 radical (unpaired) electrons. The maximum absolute atomic E-state index is 13.1. The summed E-state index contributed by atoms with van der Waals surface area (Å²) in [5.41, 5.74) is 0.620. The predicted molar refractivity (Wildman–Crippen MR) is 58.2 cm³/mol. The fourth-order valence-corrected chi connectivity index (χ4v) is 1.78. The first-order valence-corrected chi connectivity index (χ1v) is 4.81. The molecule has 84 valence electrons. The zero-order chi connectivity index (χ0) is 12.6. The Morgan fingerprint density at radius 1 is 1.53 bits per heavy atom. The van der Waals surface area contributed by atoms with Crippen LogP contribution in [0.15, 0.2) is 24.3 Å². The first kappa shape index (κ1) is 11.0. The van der Waals surface area contributed by atoms with E-state index in [0.717, 1.165) is 23.1 Å². The van der Waals surface area contributed by atoms with Crippen molar-refractivity contribution in [2.24, 2.45) is 0 Å². The van der Waals surface area contributed by atoms with Crippen LogP contribution < -0.4 is 4.90 Å². The van der Waals surface area contributed by atoms with Gasteiger partial charge in [-0.2, -0.15) is 5.26 Å². The standard InChI is InChI=1S/C12H7FN2O2/c1-7(16)15-11-3-2-8(13)6-10(11)9(4-5-14)12(15)17/h2-4,6H,1H3/b9-4+. The molecule has 0 N–H and O–H groups in total. The van der Waals surface area contributed by atoms with Crippen LogP contribution in [0.1, 0.15) is 12.5 Å². The van der Waals surface area contributed by atoms with Crippen molar-refractivity contribution in [2.45, 2.75) is 6.92 Å². The van der Waals surface area contributed by atoms with Crippen molar-refractivity contribution in [2.75, 3.05) is 4.90 Å². The molecule has 0 fully saturated rings. The van der Waals surface area contributed by atoms with Gasteiger partial charge >= 0.3 is 0 Å². The van der Waals surface area contributed by atoms with E-state index in [-0.39, 0.29) is 11.1 Å². The van der Waals surface area contributed by atoms with E-state index >= 15 is 0 Å². The van der Waals surface area contributed by atoms with Crippen LogP contribution in [0.25, 0.3) is 5.57 Å². The molecular formula is C12H7FN2O2. The SMILES string of the molecule is CC(=O)N1C(=O)/C(=C/C#N)c2cc(F)ccc21. The lowest BCUT2D eigenvalue weighted by Crippen LogP contribution is -2.31. The van der Waals surface area contributed by atoms with E-state index in [1.165, 1.54) is 13.0 Å². The molecule has 5 heteroatoms. The minimum absolute atomic E-state index is 0.0391. The van der Waals surface area contributed by atoms with Crippen molar-refractivity contribution in [3.05, 3.63) is 35.7 Å². The van der Waals surface area contributed by atoms with E-state index in [1.807, 2.05) is 0 Å². The number of nitrogens with zero attached hydrogens (tertiary/aromatic N) is 2. The summed E-state index contributed by atoms with van der Waals surface area (Å²) in [7, 11) is 0. The van der Waals surface area contributed by atoms with Gasteiger partial charge in [0.15, 0.2) is 0 Å². The molecule has 1 aromatic rings. The zero-order valence-electron chi connectivity index (χ0n) is 8.90. The number of imide groups is 1. The maximum atomic E-state index is 13.1. The topological polar surface area (TPSA) is 61.2 Å². The maximum Gasteiger partial charge on any atom is 0.266 e. The average Bonchev–Trinajstić information content (AvgIpc) is 2.53. The fraction of sp³-hybridized carbons (Fsp3) is 0.0833. The molecule has 2 amide bonds. The lowest BCUT2D eigenvalue weighted by atomic mass is 10.1. The van der Waals surface area contributed by atoms with Crippen molar-refractivity contribution < 1.29 is 14.0 Å². The molecule has 17 heavy (non-hydrogen) atoms. The second-order valence-electron chi connectivity index (χ2n) is 3.51. The van der Waals surface area contributed by atoms with E-state index in [1.54, 1.807) is 6.07 Å². The Balaban J connectivity index is 2.71. The van der Waals surface area contributed by atoms with Gasteiger partial charge in [0.2, 0.25) is 5.91 Å². The van der Waals surface area contributed by atoms with Gasteiger partial charge in [-0.3, -0.25) is 9.59 Å². The number of carbonyl (C=O) groups excluding carboxylic acids is 2. The molecule has 0 aliphatic carbocycles. The van der Waals surface area contributed by atoms with E-state index in [9.17, 15) is 14.0 Å². The second-order valence-corrected chi connectivity index (χ2v) is 3.51. The monoisotopic (exact) mass is 230 g/mol. The Hall–Kier alpha value is -2.48. The minimum Gasteiger partial charge on any atom is -0.274 e. The van der Waals surface area contributed by atoms with Gasteiger partial charge in [-0.15, -0.1) is 0 Å². The van der Waals surface area contributed by atoms with E-state index in [2.05, 4.69) is 0 Å². The molecule has 0 atom stereocenters. The number of anilines is 1. The summed E-state index contributed by atoms with van der Waals surface area (Å²) in [6.45, 7) is 1.24. The van der Waals surface area contributed by atoms with E-state index < -0.39 is 17.6 Å². The number of hydrogen-bond donors (Lipinski definition) is 0. The molecule has 1 heterocycles. The number of amides is 2. The number of nitriles is 1. The van der Waals surface area contributed by atoms with Crippen LogP contribution in [0, 0.1) is 17.1 Å². The highest BCUT2D eigenvalue weighted by atomic mass is 19.1. The number of allylic oxidation sites excluding steroid dienone is 1. The third kappa shape index (κ3) is 1.60. The van der Waals surface area contributed by atoms with Crippen molar-refractivity contribution in [3.8, 4) is 6.07 Å². The largest absolute Gasteiger partial charge is 0.274 e. The van der Waals surface area contributed by atoms with Crippen LogP contribution in [0.5, 0.6) is 0 Å². The van der Waals surface area contributed by atoms with Gasteiger partial charge in [0.25, 0.3) is 5.91 Å². The lowest BCUT2D eigenvalue weighted by molar-refractivity contribution is -0.122. The van der Waals surface area contributed by atoms with Crippen molar-refractivity contribution in [3.63, 3.8) is 0 Å². The third-order valence-corrected chi connectivity index (χ3v) is 2.45. The summed E-state index contributed by atoms with van der Waals surface area (Å²) in [5.74, 6) is -1.59. The Morgan fingerprint density at radius 2 is 2.24 bits per heavy atom. The Labute approximate surface area is 96.6 Å². The average molecular weight is 230 g/mol. The first-order chi connectivity index (χ1) is 8.06. The van der Waals surface area contributed by atoms with Crippen LogP contribution in [0.2, 0.25) is 0 Å². The molecule has 0 saturated heterocycles. The molecule has 1 aliphatic heterocycles. The Bertz CT molecular complexity index is 599. The summed E-state index contributed by atoms with van der Waals surface area (Å²) < 4.78 is 13.1. The summed E-state index contributed by atoms with van der Waals surface area (Å²) >= 11 is 0. The Morgan fingerprint density at radius 3 is 2.82 bits per heavy atom. The van der Waals surface area contributed by atoms with Gasteiger partial charge in [0.1, 0.15) is 5.82 Å². The van der Waals surface area contributed by atoms with Gasteiger partial charge in [0, 0.05) is 18.6 Å². The second kappa shape index (κ2) is 3.83. The van der Waals surface area contributed by atoms with Crippen molar-refractivity contribution >= 4 is 23.1 Å². The van der Waals surface area contributed by atoms with Crippen LogP contribution in [-0.4, -0.2) is 11.8 Å². The van der Waals surface area contributed by atoms with Gasteiger partial charge in [-0.25, -0.2) is 9.29 Å². The fourth-order valence-electron chi connectivity index (χ4n) is 1.78. The van der Waals surface area contributed by atoms with Crippen LogP contribution in [0.3, 0.4) is 0 Å². The number of hydrogen-bond acceptors (Lipinski definition) is 3. The van der Waals surface area contributed by atoms with Crippen LogP contribution in [0.4, 0.5) is 10.1 Å². The first-order valence-electron chi connectivity index (χ1n) is 4.81. The Kier molecular flexibility index (Phi) is 2.48. The quantitative estimate of drug-likeness (QED) is 0.502. The van der Waals surface area contributed by atoms with Crippen molar-refractivity contribution in [1.29, 1.82) is 5.26 Å². The summed E-state index contributed by atoms with van der Waals surface area (Å²) in [4.78, 5) is 24.2. The molecule has 1 aliphatic rings. The number of benzene rings is 1. The highest BCUT2D eigenvalue weighted by Crippen LogP contribution is 2.36. The molecule has 2 rings (SSSR count). The minimum atomic E-state index is -0.598. The summed E-state index contributed by atoms with van der Waals surface area (Å²) in [5, 5.41) is 8.59. The molecule has 0 bridgehead atoms. The van der Waals surface area contributed by atoms with E-state index in [0.29, 0.717) is 5.69 Å². The van der Waals surface area contributed by atoms with Crippen molar-refractivity contribution in [1.82, 2.24) is 0 Å². The molecule has 0 aromatic heterocycles.